The number of halogens is 1. The summed E-state index contributed by atoms with van der Waals surface area (Å²) in [5.74, 6) is -0.556. The summed E-state index contributed by atoms with van der Waals surface area (Å²) in [7, 11) is 0. The number of nitrogens with one attached hydrogen (secondary N) is 1. The highest BCUT2D eigenvalue weighted by Crippen LogP contribution is 2.19. The van der Waals surface area contributed by atoms with Crippen LogP contribution in [0.4, 0.5) is 5.82 Å². The molecule has 0 aromatic carbocycles. The normalized spacial score (nSPS) is 10.3. The Kier molecular flexibility index (Phi) is 3.84. The molecule has 2 aromatic rings. The number of carboxylic acid groups (broad SMARTS) is 1. The summed E-state index contributed by atoms with van der Waals surface area (Å²) in [6, 6.07) is 1.44. The molecule has 0 saturated heterocycles. The molecule has 94 valence electrons. The van der Waals surface area contributed by atoms with Crippen LogP contribution in [-0.2, 0) is 6.54 Å². The van der Waals surface area contributed by atoms with Crippen molar-refractivity contribution in [2.24, 2.45) is 0 Å². The first kappa shape index (κ1) is 12.9. The number of carboxylic acids is 1. The topological polar surface area (TPSA) is 62.2 Å². The number of anilines is 1. The minimum absolute atomic E-state index is 0.0520. The number of rotatable bonds is 4. The van der Waals surface area contributed by atoms with Crippen molar-refractivity contribution in [3.63, 3.8) is 0 Å². The molecule has 2 aromatic heterocycles. The van der Waals surface area contributed by atoms with Crippen molar-refractivity contribution < 1.29 is 9.90 Å². The fraction of sp³-hybridized carbons (Fsp3) is 0.167. The van der Waals surface area contributed by atoms with Gasteiger partial charge in [-0.25, -0.2) is 9.78 Å². The van der Waals surface area contributed by atoms with E-state index in [-0.39, 0.29) is 10.6 Å². The number of hydrogen-bond donors (Lipinski definition) is 2. The van der Waals surface area contributed by atoms with Gasteiger partial charge >= 0.3 is 5.97 Å². The lowest BCUT2D eigenvalue weighted by Crippen LogP contribution is -2.04. The highest BCUT2D eigenvalue weighted by atomic mass is 35.5. The molecule has 0 aliphatic rings. The zero-order valence-corrected chi connectivity index (χ0v) is 11.2. The second kappa shape index (κ2) is 5.37. The predicted octanol–water partition coefficient (Wildman–Crippen LogP) is 3.42. The highest BCUT2D eigenvalue weighted by Gasteiger charge is 2.10. The van der Waals surface area contributed by atoms with Gasteiger partial charge in [0.2, 0.25) is 0 Å². The third-order valence-electron chi connectivity index (χ3n) is 2.51. The molecule has 0 bridgehead atoms. The Morgan fingerprint density at radius 3 is 2.94 bits per heavy atom. The number of aryl methyl sites for hydroxylation is 1. The van der Waals surface area contributed by atoms with Gasteiger partial charge in [0.25, 0.3) is 0 Å². The summed E-state index contributed by atoms with van der Waals surface area (Å²) in [5.41, 5.74) is 2.43. The minimum atomic E-state index is -1.06. The van der Waals surface area contributed by atoms with Gasteiger partial charge in [-0.15, -0.1) is 0 Å². The van der Waals surface area contributed by atoms with Crippen molar-refractivity contribution in [1.29, 1.82) is 0 Å². The number of aromatic carboxylic acids is 1. The molecule has 18 heavy (non-hydrogen) atoms. The summed E-state index contributed by atoms with van der Waals surface area (Å²) in [5, 5.41) is 16.3. The van der Waals surface area contributed by atoms with Crippen molar-refractivity contribution in [3.05, 3.63) is 44.7 Å². The SMILES string of the molecule is Cc1cscc1CNc1cc(C(=O)O)c(Cl)cn1. The lowest BCUT2D eigenvalue weighted by Gasteiger charge is -2.07. The summed E-state index contributed by atoms with van der Waals surface area (Å²) >= 11 is 7.38. The second-order valence-electron chi connectivity index (χ2n) is 3.79. The van der Waals surface area contributed by atoms with Crippen molar-refractivity contribution in [2.45, 2.75) is 13.5 Å². The van der Waals surface area contributed by atoms with Crippen LogP contribution in [0.5, 0.6) is 0 Å². The number of carbonyl (C=O) groups is 1. The quantitative estimate of drug-likeness (QED) is 0.902. The molecule has 0 unspecified atom stereocenters. The third kappa shape index (κ3) is 2.80. The number of nitrogens with zero attached hydrogens (tertiary/aromatic N) is 1. The Morgan fingerprint density at radius 1 is 1.56 bits per heavy atom. The van der Waals surface area contributed by atoms with Crippen molar-refractivity contribution >= 4 is 34.7 Å². The molecule has 2 N–H and O–H groups in total. The second-order valence-corrected chi connectivity index (χ2v) is 4.94. The molecule has 0 radical (unpaired) electrons. The molecule has 6 heteroatoms. The Morgan fingerprint density at radius 2 is 2.33 bits per heavy atom. The monoisotopic (exact) mass is 282 g/mol. The maximum atomic E-state index is 10.9. The van der Waals surface area contributed by atoms with Gasteiger partial charge in [0.05, 0.1) is 10.6 Å². The van der Waals surface area contributed by atoms with E-state index in [0.717, 1.165) is 0 Å². The van der Waals surface area contributed by atoms with Crippen LogP contribution >= 0.6 is 22.9 Å². The van der Waals surface area contributed by atoms with Crippen LogP contribution in [0, 0.1) is 6.92 Å². The largest absolute Gasteiger partial charge is 0.478 e. The average molecular weight is 283 g/mol. The van der Waals surface area contributed by atoms with E-state index in [4.69, 9.17) is 16.7 Å². The average Bonchev–Trinajstić information content (AvgIpc) is 2.73. The molecule has 4 nitrogen and oxygen atoms in total. The number of thiophene rings is 1. The van der Waals surface area contributed by atoms with Crippen LogP contribution < -0.4 is 5.32 Å². The molecular weight excluding hydrogens is 272 g/mol. The third-order valence-corrected chi connectivity index (χ3v) is 3.72. The van der Waals surface area contributed by atoms with Gasteiger partial charge in [-0.3, -0.25) is 0 Å². The summed E-state index contributed by atoms with van der Waals surface area (Å²) < 4.78 is 0. The maximum Gasteiger partial charge on any atom is 0.337 e. The standard InChI is InChI=1S/C12H11ClN2O2S/c1-7-5-18-6-8(7)3-14-11-2-9(12(16)17)10(13)4-15-11/h2,4-6H,3H2,1H3,(H,14,15)(H,16,17). The van der Waals surface area contributed by atoms with Crippen molar-refractivity contribution in [3.8, 4) is 0 Å². The summed E-state index contributed by atoms with van der Waals surface area (Å²) in [6.07, 6.45) is 1.34. The van der Waals surface area contributed by atoms with E-state index in [1.165, 1.54) is 23.4 Å². The Hall–Kier alpha value is -1.59. The van der Waals surface area contributed by atoms with Gasteiger partial charge in [-0.05, 0) is 34.9 Å². The first-order valence-corrected chi connectivity index (χ1v) is 6.54. The first-order chi connectivity index (χ1) is 8.58. The smallest absolute Gasteiger partial charge is 0.337 e. The van der Waals surface area contributed by atoms with Crippen LogP contribution in [0.2, 0.25) is 5.02 Å². The number of hydrogen-bond acceptors (Lipinski definition) is 4. The highest BCUT2D eigenvalue weighted by molar-refractivity contribution is 7.08. The molecule has 0 atom stereocenters. The number of aromatic nitrogens is 1. The lowest BCUT2D eigenvalue weighted by molar-refractivity contribution is 0.0697. The number of pyridine rings is 1. The Balaban J connectivity index is 2.13. The van der Waals surface area contributed by atoms with Crippen molar-refractivity contribution in [1.82, 2.24) is 4.98 Å². The molecule has 0 amide bonds. The van der Waals surface area contributed by atoms with Crippen LogP contribution in [0.15, 0.2) is 23.0 Å². The molecule has 0 spiro atoms. The zero-order chi connectivity index (χ0) is 13.1. The summed E-state index contributed by atoms with van der Waals surface area (Å²) in [6.45, 7) is 2.65. The lowest BCUT2D eigenvalue weighted by atomic mass is 10.2. The van der Waals surface area contributed by atoms with Gasteiger partial charge in [0, 0.05) is 12.7 Å². The predicted molar refractivity (Wildman–Crippen MR) is 72.6 cm³/mol. The van der Waals surface area contributed by atoms with Gasteiger partial charge in [0.15, 0.2) is 0 Å². The van der Waals surface area contributed by atoms with E-state index in [9.17, 15) is 4.79 Å². The van der Waals surface area contributed by atoms with E-state index in [0.29, 0.717) is 12.4 Å². The van der Waals surface area contributed by atoms with Gasteiger partial charge in [0.1, 0.15) is 5.82 Å². The molecular formula is C12H11ClN2O2S. The molecule has 0 saturated carbocycles. The Bertz CT molecular complexity index is 583. The summed E-state index contributed by atoms with van der Waals surface area (Å²) in [4.78, 5) is 15.0. The maximum absolute atomic E-state index is 10.9. The van der Waals surface area contributed by atoms with Crippen LogP contribution in [0.1, 0.15) is 21.5 Å². The van der Waals surface area contributed by atoms with Gasteiger partial charge < -0.3 is 10.4 Å². The Labute approximate surface area is 113 Å². The van der Waals surface area contributed by atoms with Gasteiger partial charge in [-0.2, -0.15) is 11.3 Å². The van der Waals surface area contributed by atoms with E-state index >= 15 is 0 Å². The van der Waals surface area contributed by atoms with Gasteiger partial charge in [-0.1, -0.05) is 11.6 Å². The molecule has 2 rings (SSSR count). The fourth-order valence-electron chi connectivity index (χ4n) is 1.45. The van der Waals surface area contributed by atoms with E-state index in [1.807, 2.05) is 6.92 Å². The molecule has 0 aliphatic heterocycles. The zero-order valence-electron chi connectivity index (χ0n) is 9.61. The first-order valence-electron chi connectivity index (χ1n) is 5.22. The molecule has 2 heterocycles. The van der Waals surface area contributed by atoms with Crippen LogP contribution in [-0.4, -0.2) is 16.1 Å². The molecule has 0 fully saturated rings. The van der Waals surface area contributed by atoms with Crippen LogP contribution in [0.25, 0.3) is 0 Å². The van der Waals surface area contributed by atoms with Crippen molar-refractivity contribution in [2.75, 3.05) is 5.32 Å². The van der Waals surface area contributed by atoms with E-state index < -0.39 is 5.97 Å². The molecule has 0 aliphatic carbocycles. The van der Waals surface area contributed by atoms with E-state index in [2.05, 4.69) is 21.1 Å². The minimum Gasteiger partial charge on any atom is -0.478 e. The van der Waals surface area contributed by atoms with Crippen LogP contribution in [0.3, 0.4) is 0 Å². The fourth-order valence-corrected chi connectivity index (χ4v) is 2.49. The van der Waals surface area contributed by atoms with E-state index in [1.54, 1.807) is 11.3 Å².